The van der Waals surface area contributed by atoms with Crippen LogP contribution in [0, 0.1) is 5.92 Å². The number of aliphatic carboxylic acids is 1. The van der Waals surface area contributed by atoms with Crippen molar-refractivity contribution in [3.8, 4) is 0 Å². The average Bonchev–Trinajstić information content (AvgIpc) is 2.70. The largest absolute Gasteiger partial charge is 0.477 e. The lowest BCUT2D eigenvalue weighted by Crippen LogP contribution is -2.60. The molecule has 0 aromatic rings. The molecule has 0 bridgehead atoms. The number of carboxylic acids is 1. The molecule has 8 nitrogen and oxygen atoms in total. The summed E-state index contributed by atoms with van der Waals surface area (Å²) in [7, 11) is 1.59. The zero-order valence-electron chi connectivity index (χ0n) is 11.5. The van der Waals surface area contributed by atoms with Crippen molar-refractivity contribution in [2.75, 3.05) is 20.2 Å². The van der Waals surface area contributed by atoms with E-state index in [1.807, 2.05) is 0 Å². The minimum absolute atomic E-state index is 0.0166. The number of aliphatic hydroxyl groups excluding tert-OH is 1. The first-order valence-electron chi connectivity index (χ1n) is 6.33. The van der Waals surface area contributed by atoms with Crippen molar-refractivity contribution in [2.45, 2.75) is 18.4 Å². The number of hydrogen-bond donors (Lipinski definition) is 3. The number of nitrogens with one attached hydrogen (secondary N) is 1. The molecule has 3 N–H and O–H groups in total. The number of likely N-dealkylation sites (N-methyl/N-ethyl adjacent to an activating group) is 1. The summed E-state index contributed by atoms with van der Waals surface area (Å²) in [5, 5.41) is 21.0. The Morgan fingerprint density at radius 3 is 2.71 bits per heavy atom. The second kappa shape index (κ2) is 6.04. The van der Waals surface area contributed by atoms with Gasteiger partial charge in [-0.2, -0.15) is 0 Å². The van der Waals surface area contributed by atoms with Gasteiger partial charge in [-0.05, 0) is 14.0 Å². The zero-order chi connectivity index (χ0) is 15.7. The van der Waals surface area contributed by atoms with Gasteiger partial charge in [0.15, 0.2) is 0 Å². The third-order valence-corrected chi connectivity index (χ3v) is 4.60. The summed E-state index contributed by atoms with van der Waals surface area (Å²) in [6.07, 6.45) is -0.854. The van der Waals surface area contributed by atoms with E-state index in [-0.39, 0.29) is 18.8 Å². The van der Waals surface area contributed by atoms with Crippen LogP contribution in [0.4, 0.5) is 0 Å². The van der Waals surface area contributed by atoms with E-state index in [0.717, 1.165) is 16.7 Å². The van der Waals surface area contributed by atoms with Crippen LogP contribution in [0.5, 0.6) is 0 Å². The highest BCUT2D eigenvalue weighted by Gasteiger charge is 2.57. The predicted octanol–water partition coefficient (Wildman–Crippen LogP) is -1.04. The first-order valence-corrected chi connectivity index (χ1v) is 7.21. The summed E-state index contributed by atoms with van der Waals surface area (Å²) in [6.45, 7) is 1.31. The van der Waals surface area contributed by atoms with Gasteiger partial charge in [-0.1, -0.05) is 11.8 Å². The SMILES string of the molecule is CNCC(=O)OCC1=C(C(=O)O)N2C(=O)[C@H]([C@@H](C)O)[C@H]2S1. The van der Waals surface area contributed by atoms with Crippen LogP contribution >= 0.6 is 11.8 Å². The quantitative estimate of drug-likeness (QED) is 0.420. The Labute approximate surface area is 125 Å². The van der Waals surface area contributed by atoms with Gasteiger partial charge in [-0.3, -0.25) is 14.5 Å². The van der Waals surface area contributed by atoms with Crippen LogP contribution in [0.3, 0.4) is 0 Å². The van der Waals surface area contributed by atoms with E-state index in [2.05, 4.69) is 5.32 Å². The van der Waals surface area contributed by atoms with E-state index < -0.39 is 35.2 Å². The van der Waals surface area contributed by atoms with Gasteiger partial charge in [-0.25, -0.2) is 4.79 Å². The lowest BCUT2D eigenvalue weighted by Gasteiger charge is -2.43. The van der Waals surface area contributed by atoms with E-state index >= 15 is 0 Å². The minimum atomic E-state index is -1.25. The van der Waals surface area contributed by atoms with Crippen molar-refractivity contribution in [1.82, 2.24) is 10.2 Å². The molecule has 1 amide bonds. The Kier molecular flexibility index (Phi) is 4.55. The second-order valence-electron chi connectivity index (χ2n) is 4.75. The normalized spacial score (nSPS) is 25.5. The number of rotatable bonds is 6. The summed E-state index contributed by atoms with van der Waals surface area (Å²) in [6, 6.07) is 0. The third-order valence-electron chi connectivity index (χ3n) is 3.26. The van der Waals surface area contributed by atoms with Gasteiger partial charge in [0, 0.05) is 0 Å². The molecule has 0 radical (unpaired) electrons. The maximum Gasteiger partial charge on any atom is 0.353 e. The van der Waals surface area contributed by atoms with Crippen molar-refractivity contribution in [2.24, 2.45) is 5.92 Å². The molecule has 0 aromatic heterocycles. The van der Waals surface area contributed by atoms with Crippen molar-refractivity contribution >= 4 is 29.6 Å². The summed E-state index contributed by atoms with van der Waals surface area (Å²) in [5.74, 6) is -2.81. The van der Waals surface area contributed by atoms with Crippen LogP contribution in [0.15, 0.2) is 10.6 Å². The summed E-state index contributed by atoms with van der Waals surface area (Å²) in [4.78, 5) is 36.0. The van der Waals surface area contributed by atoms with Crippen LogP contribution in [0.25, 0.3) is 0 Å². The van der Waals surface area contributed by atoms with Crippen LogP contribution in [0.1, 0.15) is 6.92 Å². The number of carboxylic acid groups (broad SMARTS) is 1. The van der Waals surface area contributed by atoms with Crippen molar-refractivity contribution in [3.63, 3.8) is 0 Å². The Balaban J connectivity index is 2.12. The first kappa shape index (κ1) is 15.8. The smallest absolute Gasteiger partial charge is 0.353 e. The van der Waals surface area contributed by atoms with E-state index in [4.69, 9.17) is 4.74 Å². The van der Waals surface area contributed by atoms with Gasteiger partial charge in [-0.15, -0.1) is 0 Å². The van der Waals surface area contributed by atoms with E-state index in [1.54, 1.807) is 7.05 Å². The molecule has 2 rings (SSSR count). The molecule has 0 unspecified atom stereocenters. The first-order chi connectivity index (χ1) is 9.88. The van der Waals surface area contributed by atoms with Gasteiger partial charge < -0.3 is 20.3 Å². The summed E-state index contributed by atoms with van der Waals surface area (Å²) >= 11 is 1.14. The molecule has 116 valence electrons. The lowest BCUT2D eigenvalue weighted by atomic mass is 9.92. The maximum atomic E-state index is 11.9. The number of ether oxygens (including phenoxy) is 1. The maximum absolute atomic E-state index is 11.9. The topological polar surface area (TPSA) is 116 Å². The number of hydrogen-bond acceptors (Lipinski definition) is 7. The standard InChI is InChI=1S/C12H16N2O6S/c1-5(15)8-10(17)14-9(12(18)19)6(21-11(8)14)4-20-7(16)3-13-2/h5,8,11,13,15H,3-4H2,1-2H3,(H,18,19)/t5-,8+,11-/m1/s1. The molecule has 2 heterocycles. The minimum Gasteiger partial charge on any atom is -0.477 e. The number of carbonyl (C=O) groups is 3. The van der Waals surface area contributed by atoms with Crippen LogP contribution < -0.4 is 5.32 Å². The molecule has 0 spiro atoms. The molecule has 2 aliphatic heterocycles. The molecular weight excluding hydrogens is 300 g/mol. The number of amides is 1. The fourth-order valence-corrected chi connectivity index (χ4v) is 3.82. The number of carbonyl (C=O) groups excluding carboxylic acids is 2. The second-order valence-corrected chi connectivity index (χ2v) is 5.96. The van der Waals surface area contributed by atoms with E-state index in [1.165, 1.54) is 6.92 Å². The van der Waals surface area contributed by atoms with Gasteiger partial charge in [0.05, 0.1) is 23.5 Å². The number of thioether (sulfide) groups is 1. The molecule has 0 aromatic carbocycles. The fourth-order valence-electron chi connectivity index (χ4n) is 2.30. The molecule has 9 heteroatoms. The Hall–Kier alpha value is -1.58. The Bertz CT molecular complexity index is 518. The van der Waals surface area contributed by atoms with Crippen LogP contribution in [-0.2, 0) is 19.1 Å². The van der Waals surface area contributed by atoms with Crippen molar-refractivity contribution < 1.29 is 29.3 Å². The number of fused-ring (bicyclic) bond motifs is 1. The Morgan fingerprint density at radius 2 is 2.19 bits per heavy atom. The van der Waals surface area contributed by atoms with Crippen LogP contribution in [-0.4, -0.2) is 64.6 Å². The van der Waals surface area contributed by atoms with Gasteiger partial charge in [0.2, 0.25) is 5.91 Å². The van der Waals surface area contributed by atoms with Gasteiger partial charge in [0.25, 0.3) is 0 Å². The average molecular weight is 316 g/mol. The number of aliphatic hydroxyl groups is 1. The highest BCUT2D eigenvalue weighted by molar-refractivity contribution is 8.04. The summed E-state index contributed by atoms with van der Waals surface area (Å²) in [5.41, 5.74) is -0.163. The van der Waals surface area contributed by atoms with Gasteiger partial charge >= 0.3 is 11.9 Å². The number of β-lactam (4-membered cyclic amide) rings is 1. The highest BCUT2D eigenvalue weighted by atomic mass is 32.2. The lowest BCUT2D eigenvalue weighted by molar-refractivity contribution is -0.156. The fraction of sp³-hybridized carbons (Fsp3) is 0.583. The monoisotopic (exact) mass is 316 g/mol. The molecule has 1 saturated heterocycles. The van der Waals surface area contributed by atoms with Crippen molar-refractivity contribution in [3.05, 3.63) is 10.6 Å². The molecular formula is C12H16N2O6S. The van der Waals surface area contributed by atoms with Gasteiger partial charge in [0.1, 0.15) is 17.7 Å². The molecule has 1 fully saturated rings. The molecule has 0 saturated carbocycles. The van der Waals surface area contributed by atoms with Crippen molar-refractivity contribution in [1.29, 1.82) is 0 Å². The van der Waals surface area contributed by atoms with E-state index in [0.29, 0.717) is 4.91 Å². The predicted molar refractivity (Wildman–Crippen MR) is 72.9 cm³/mol. The molecule has 21 heavy (non-hydrogen) atoms. The number of esters is 1. The van der Waals surface area contributed by atoms with E-state index in [9.17, 15) is 24.6 Å². The molecule has 2 aliphatic rings. The zero-order valence-corrected chi connectivity index (χ0v) is 12.3. The third kappa shape index (κ3) is 2.76. The number of nitrogens with zero attached hydrogens (tertiary/aromatic N) is 1. The highest BCUT2D eigenvalue weighted by Crippen LogP contribution is 2.50. The molecule has 0 aliphatic carbocycles. The summed E-state index contributed by atoms with van der Waals surface area (Å²) < 4.78 is 4.96. The Morgan fingerprint density at radius 1 is 1.52 bits per heavy atom. The van der Waals surface area contributed by atoms with Crippen LogP contribution in [0.2, 0.25) is 0 Å². The molecule has 3 atom stereocenters.